The first-order valence-corrected chi connectivity index (χ1v) is 6.91. The first-order valence-electron chi connectivity index (χ1n) is 6.91. The van der Waals surface area contributed by atoms with Gasteiger partial charge in [-0.25, -0.2) is 0 Å². The van der Waals surface area contributed by atoms with Gasteiger partial charge in [0.25, 0.3) is 0 Å². The zero-order chi connectivity index (χ0) is 13.6. The Hall–Kier alpha value is -1.08. The average molecular weight is 251 g/mol. The summed E-state index contributed by atoms with van der Waals surface area (Å²) in [6, 6.07) is 2.13. The molecule has 1 rings (SSSR count). The highest BCUT2D eigenvalue weighted by Crippen LogP contribution is 2.22. The van der Waals surface area contributed by atoms with Crippen LogP contribution in [0.1, 0.15) is 46.5 Å². The molecule has 102 valence electrons. The molecule has 0 bridgehead atoms. The zero-order valence-corrected chi connectivity index (χ0v) is 11.8. The van der Waals surface area contributed by atoms with Gasteiger partial charge in [0.1, 0.15) is 0 Å². The van der Waals surface area contributed by atoms with Gasteiger partial charge in [-0.05, 0) is 38.6 Å². The Morgan fingerprint density at radius 2 is 2.22 bits per heavy atom. The van der Waals surface area contributed by atoms with E-state index in [0.29, 0.717) is 18.9 Å². The van der Waals surface area contributed by atoms with E-state index in [1.54, 1.807) is 0 Å². The molecule has 0 spiro atoms. The molecular weight excluding hydrogens is 226 g/mol. The maximum absolute atomic E-state index is 12.6. The Balaban J connectivity index is 2.70. The topological polar surface area (TPSA) is 56.1 Å². The van der Waals surface area contributed by atoms with Crippen LogP contribution in [0.15, 0.2) is 0 Å². The van der Waals surface area contributed by atoms with Crippen LogP contribution < -0.4 is 5.32 Å². The van der Waals surface area contributed by atoms with Gasteiger partial charge in [0.05, 0.1) is 18.0 Å². The highest BCUT2D eigenvalue weighted by Gasteiger charge is 2.37. The van der Waals surface area contributed by atoms with E-state index in [9.17, 15) is 4.79 Å². The number of nitriles is 1. The third-order valence-corrected chi connectivity index (χ3v) is 3.46. The predicted molar refractivity (Wildman–Crippen MR) is 71.9 cm³/mol. The highest BCUT2D eigenvalue weighted by molar-refractivity contribution is 5.86. The number of rotatable bonds is 5. The Kier molecular flexibility index (Phi) is 5.61. The first-order chi connectivity index (χ1) is 8.49. The van der Waals surface area contributed by atoms with Gasteiger partial charge in [-0.1, -0.05) is 13.8 Å². The van der Waals surface area contributed by atoms with Gasteiger partial charge in [-0.3, -0.25) is 4.79 Å². The molecule has 1 saturated heterocycles. The smallest absolute Gasteiger partial charge is 0.242 e. The molecule has 0 aromatic carbocycles. The van der Waals surface area contributed by atoms with E-state index in [0.717, 1.165) is 32.4 Å². The molecule has 1 aliphatic heterocycles. The van der Waals surface area contributed by atoms with Crippen molar-refractivity contribution in [1.82, 2.24) is 10.2 Å². The SMILES string of the molecule is CC(C)CN(CCC#N)C(=O)C1(C)CCCCN1. The number of nitrogens with one attached hydrogen (secondary N) is 1. The molecule has 0 saturated carbocycles. The van der Waals surface area contributed by atoms with Crippen molar-refractivity contribution in [1.29, 1.82) is 5.26 Å². The highest BCUT2D eigenvalue weighted by atomic mass is 16.2. The van der Waals surface area contributed by atoms with Crippen molar-refractivity contribution in [2.24, 2.45) is 5.92 Å². The molecule has 1 N–H and O–H groups in total. The van der Waals surface area contributed by atoms with E-state index in [1.165, 1.54) is 0 Å². The molecule has 0 aliphatic carbocycles. The second-order valence-corrected chi connectivity index (χ2v) is 5.77. The maximum atomic E-state index is 12.6. The van der Waals surface area contributed by atoms with Crippen LogP contribution in [0.3, 0.4) is 0 Å². The molecule has 4 heteroatoms. The number of amides is 1. The second kappa shape index (κ2) is 6.75. The number of hydrogen-bond donors (Lipinski definition) is 1. The van der Waals surface area contributed by atoms with E-state index in [-0.39, 0.29) is 5.91 Å². The van der Waals surface area contributed by atoms with Crippen LogP contribution in [0.5, 0.6) is 0 Å². The molecule has 0 aromatic rings. The van der Waals surface area contributed by atoms with Gasteiger partial charge in [0, 0.05) is 13.1 Å². The average Bonchev–Trinajstić information content (AvgIpc) is 2.34. The molecule has 0 aromatic heterocycles. The Labute approximate surface area is 110 Å². The van der Waals surface area contributed by atoms with Crippen molar-refractivity contribution < 1.29 is 4.79 Å². The monoisotopic (exact) mass is 251 g/mol. The van der Waals surface area contributed by atoms with Crippen LogP contribution in [0.4, 0.5) is 0 Å². The molecule has 1 heterocycles. The lowest BCUT2D eigenvalue weighted by Gasteiger charge is -2.38. The molecule has 1 amide bonds. The van der Waals surface area contributed by atoms with E-state index in [2.05, 4.69) is 25.2 Å². The standard InChI is InChI=1S/C14H25N3O/c1-12(2)11-17(10-6-8-15)13(18)14(3)7-4-5-9-16-14/h12,16H,4-7,9-11H2,1-3H3. The van der Waals surface area contributed by atoms with Gasteiger partial charge in [0.15, 0.2) is 0 Å². The molecule has 1 fully saturated rings. The molecule has 1 unspecified atom stereocenters. The number of nitrogens with zero attached hydrogens (tertiary/aromatic N) is 2. The third-order valence-electron chi connectivity index (χ3n) is 3.46. The summed E-state index contributed by atoms with van der Waals surface area (Å²) in [6.07, 6.45) is 3.55. The lowest BCUT2D eigenvalue weighted by atomic mass is 9.89. The fourth-order valence-electron chi connectivity index (χ4n) is 2.49. The van der Waals surface area contributed by atoms with Gasteiger partial charge in [-0.15, -0.1) is 0 Å². The summed E-state index contributed by atoms with van der Waals surface area (Å²) in [5.41, 5.74) is -0.428. The predicted octanol–water partition coefficient (Wildman–Crippen LogP) is 1.92. The van der Waals surface area contributed by atoms with Crippen molar-refractivity contribution in [2.75, 3.05) is 19.6 Å². The van der Waals surface area contributed by atoms with Crippen molar-refractivity contribution in [3.8, 4) is 6.07 Å². The van der Waals surface area contributed by atoms with Crippen LogP contribution >= 0.6 is 0 Å². The largest absolute Gasteiger partial charge is 0.340 e. The number of carbonyl (C=O) groups excluding carboxylic acids is 1. The van der Waals surface area contributed by atoms with Crippen LogP contribution in [0, 0.1) is 17.2 Å². The summed E-state index contributed by atoms with van der Waals surface area (Å²) in [4.78, 5) is 14.5. The normalized spacial score (nSPS) is 23.7. The van der Waals surface area contributed by atoms with E-state index >= 15 is 0 Å². The third kappa shape index (κ3) is 3.99. The fraction of sp³-hybridized carbons (Fsp3) is 0.857. The Morgan fingerprint density at radius 1 is 1.50 bits per heavy atom. The van der Waals surface area contributed by atoms with Gasteiger partial charge >= 0.3 is 0 Å². The van der Waals surface area contributed by atoms with Gasteiger partial charge in [-0.2, -0.15) is 5.26 Å². The Bertz CT molecular complexity index is 313. The summed E-state index contributed by atoms with van der Waals surface area (Å²) in [5, 5.41) is 12.1. The second-order valence-electron chi connectivity index (χ2n) is 5.77. The number of piperidine rings is 1. The first kappa shape index (κ1) is 15.0. The summed E-state index contributed by atoms with van der Waals surface area (Å²) in [7, 11) is 0. The summed E-state index contributed by atoms with van der Waals surface area (Å²) in [5.74, 6) is 0.589. The zero-order valence-electron chi connectivity index (χ0n) is 11.8. The van der Waals surface area contributed by atoms with E-state index in [4.69, 9.17) is 5.26 Å². The maximum Gasteiger partial charge on any atom is 0.242 e. The van der Waals surface area contributed by atoms with Crippen LogP contribution in [-0.2, 0) is 4.79 Å². The molecular formula is C14H25N3O. The van der Waals surface area contributed by atoms with Crippen molar-refractivity contribution >= 4 is 5.91 Å². The van der Waals surface area contributed by atoms with Gasteiger partial charge < -0.3 is 10.2 Å². The van der Waals surface area contributed by atoms with Crippen LogP contribution in [-0.4, -0.2) is 36.0 Å². The minimum atomic E-state index is -0.428. The molecule has 1 aliphatic rings. The van der Waals surface area contributed by atoms with Crippen molar-refractivity contribution in [3.63, 3.8) is 0 Å². The van der Waals surface area contributed by atoms with Gasteiger partial charge in [0.2, 0.25) is 5.91 Å². The molecule has 0 radical (unpaired) electrons. The van der Waals surface area contributed by atoms with Crippen LogP contribution in [0.2, 0.25) is 0 Å². The minimum absolute atomic E-state index is 0.158. The molecule has 1 atom stereocenters. The molecule has 4 nitrogen and oxygen atoms in total. The minimum Gasteiger partial charge on any atom is -0.340 e. The van der Waals surface area contributed by atoms with E-state index in [1.807, 2.05) is 11.8 Å². The lowest BCUT2D eigenvalue weighted by molar-refractivity contribution is -0.139. The fourth-order valence-corrected chi connectivity index (χ4v) is 2.49. The number of carbonyl (C=O) groups is 1. The van der Waals surface area contributed by atoms with Crippen molar-refractivity contribution in [2.45, 2.75) is 52.0 Å². The lowest BCUT2D eigenvalue weighted by Crippen LogP contribution is -2.58. The number of hydrogen-bond acceptors (Lipinski definition) is 3. The summed E-state index contributed by atoms with van der Waals surface area (Å²) in [6.45, 7) is 8.39. The Morgan fingerprint density at radius 3 is 2.72 bits per heavy atom. The summed E-state index contributed by atoms with van der Waals surface area (Å²) >= 11 is 0. The quantitative estimate of drug-likeness (QED) is 0.812. The van der Waals surface area contributed by atoms with Crippen LogP contribution in [0.25, 0.3) is 0 Å². The van der Waals surface area contributed by atoms with E-state index < -0.39 is 5.54 Å². The van der Waals surface area contributed by atoms with Crippen molar-refractivity contribution in [3.05, 3.63) is 0 Å². The summed E-state index contributed by atoms with van der Waals surface area (Å²) < 4.78 is 0. The molecule has 18 heavy (non-hydrogen) atoms.